The van der Waals surface area contributed by atoms with Crippen LogP contribution in [0.4, 0.5) is 0 Å². The zero-order chi connectivity index (χ0) is 12.8. The van der Waals surface area contributed by atoms with Gasteiger partial charge >= 0.3 is 0 Å². The summed E-state index contributed by atoms with van der Waals surface area (Å²) in [5, 5.41) is 6.14. The average molecular weight is 330 g/mol. The predicted octanol–water partition coefficient (Wildman–Crippen LogP) is -0.345. The molecule has 2 heterocycles. The Labute approximate surface area is 132 Å². The molecule has 2 aliphatic rings. The van der Waals surface area contributed by atoms with Gasteiger partial charge in [0.1, 0.15) is 6.04 Å². The first kappa shape index (κ1) is 19.9. The highest BCUT2D eigenvalue weighted by Gasteiger charge is 2.22. The highest BCUT2D eigenvalue weighted by Crippen LogP contribution is 2.02. The standard InChI is InChI=1S/C12H23N3O3.2ClH/c1-10(15-3-6-17-7-4-15)8-14-12(16)11-9-18-5-2-13-11;;/h10-11,13H,2-9H2,1H3,(H,14,16);2*1H. The summed E-state index contributed by atoms with van der Waals surface area (Å²) in [6.07, 6.45) is 0. The van der Waals surface area contributed by atoms with E-state index in [-0.39, 0.29) is 36.8 Å². The SMILES string of the molecule is CC(CNC(=O)C1COCCN1)N1CCOCC1.Cl.Cl. The molecule has 0 aromatic carbocycles. The zero-order valence-electron chi connectivity index (χ0n) is 11.8. The minimum atomic E-state index is -0.198. The summed E-state index contributed by atoms with van der Waals surface area (Å²) in [7, 11) is 0. The van der Waals surface area contributed by atoms with Crippen LogP contribution < -0.4 is 10.6 Å². The Kier molecular flexibility index (Phi) is 10.5. The first-order chi connectivity index (χ1) is 8.77. The Balaban J connectivity index is 0.00000180. The molecule has 0 aliphatic carbocycles. The first-order valence-electron chi connectivity index (χ1n) is 6.68. The molecule has 120 valence electrons. The molecular weight excluding hydrogens is 305 g/mol. The van der Waals surface area contributed by atoms with E-state index in [9.17, 15) is 4.79 Å². The van der Waals surface area contributed by atoms with Crippen molar-refractivity contribution in [2.75, 3.05) is 52.6 Å². The summed E-state index contributed by atoms with van der Waals surface area (Å²) < 4.78 is 10.6. The van der Waals surface area contributed by atoms with Crippen molar-refractivity contribution in [1.82, 2.24) is 15.5 Å². The number of carbonyl (C=O) groups excluding carboxylic acids is 1. The molecular formula is C12H25Cl2N3O3. The Hall–Kier alpha value is -0.110. The highest BCUT2D eigenvalue weighted by atomic mass is 35.5. The van der Waals surface area contributed by atoms with E-state index in [1.165, 1.54) is 0 Å². The third-order valence-corrected chi connectivity index (χ3v) is 3.48. The molecule has 2 atom stereocenters. The van der Waals surface area contributed by atoms with Gasteiger partial charge in [0.2, 0.25) is 5.91 Å². The van der Waals surface area contributed by atoms with Crippen LogP contribution in [0.25, 0.3) is 0 Å². The second kappa shape index (κ2) is 10.6. The quantitative estimate of drug-likeness (QED) is 0.738. The van der Waals surface area contributed by atoms with Crippen LogP contribution in [0.3, 0.4) is 0 Å². The van der Waals surface area contributed by atoms with Crippen molar-refractivity contribution in [2.24, 2.45) is 0 Å². The highest BCUT2D eigenvalue weighted by molar-refractivity contribution is 5.85. The topological polar surface area (TPSA) is 62.8 Å². The maximum atomic E-state index is 11.9. The summed E-state index contributed by atoms with van der Waals surface area (Å²) in [6.45, 7) is 8.19. The van der Waals surface area contributed by atoms with Crippen LogP contribution in [0.5, 0.6) is 0 Å². The molecule has 8 heteroatoms. The van der Waals surface area contributed by atoms with Crippen LogP contribution in [0.1, 0.15) is 6.92 Å². The van der Waals surface area contributed by atoms with Gasteiger partial charge in [0.15, 0.2) is 0 Å². The molecule has 6 nitrogen and oxygen atoms in total. The van der Waals surface area contributed by atoms with E-state index in [1.807, 2.05) is 0 Å². The van der Waals surface area contributed by atoms with Gasteiger partial charge in [-0.2, -0.15) is 0 Å². The average Bonchev–Trinajstić information content (AvgIpc) is 2.46. The summed E-state index contributed by atoms with van der Waals surface area (Å²) >= 11 is 0. The van der Waals surface area contributed by atoms with Crippen molar-refractivity contribution in [3.05, 3.63) is 0 Å². The molecule has 2 unspecified atom stereocenters. The summed E-state index contributed by atoms with van der Waals surface area (Å²) in [5.74, 6) is 0.0369. The van der Waals surface area contributed by atoms with Gasteiger partial charge in [0.05, 0.1) is 26.4 Å². The lowest BCUT2D eigenvalue weighted by Crippen LogP contribution is -2.54. The third kappa shape index (κ3) is 6.11. The maximum Gasteiger partial charge on any atom is 0.239 e. The van der Waals surface area contributed by atoms with Crippen molar-refractivity contribution in [3.63, 3.8) is 0 Å². The molecule has 0 spiro atoms. The van der Waals surface area contributed by atoms with Crippen LogP contribution >= 0.6 is 24.8 Å². The summed E-state index contributed by atoms with van der Waals surface area (Å²) in [6, 6.07) is 0.151. The van der Waals surface area contributed by atoms with Gasteiger partial charge in [-0.25, -0.2) is 0 Å². The normalized spacial score (nSPS) is 24.9. The van der Waals surface area contributed by atoms with E-state index >= 15 is 0 Å². The number of carbonyl (C=O) groups is 1. The van der Waals surface area contributed by atoms with Crippen molar-refractivity contribution in [2.45, 2.75) is 19.0 Å². The third-order valence-electron chi connectivity index (χ3n) is 3.48. The molecule has 0 saturated carbocycles. The number of nitrogens with one attached hydrogen (secondary N) is 2. The Morgan fingerprint density at radius 3 is 2.60 bits per heavy atom. The van der Waals surface area contributed by atoms with E-state index in [0.29, 0.717) is 25.8 Å². The maximum absolute atomic E-state index is 11.9. The number of hydrogen-bond donors (Lipinski definition) is 2. The summed E-state index contributed by atoms with van der Waals surface area (Å²) in [4.78, 5) is 14.2. The number of hydrogen-bond acceptors (Lipinski definition) is 5. The largest absolute Gasteiger partial charge is 0.379 e. The van der Waals surface area contributed by atoms with Crippen molar-refractivity contribution >= 4 is 30.7 Å². The second-order valence-electron chi connectivity index (χ2n) is 4.82. The van der Waals surface area contributed by atoms with E-state index in [2.05, 4.69) is 22.5 Å². The number of halogens is 2. The molecule has 0 radical (unpaired) electrons. The van der Waals surface area contributed by atoms with E-state index in [1.54, 1.807) is 0 Å². The Morgan fingerprint density at radius 2 is 2.00 bits per heavy atom. The molecule has 0 bridgehead atoms. The van der Waals surface area contributed by atoms with Crippen LogP contribution in [0.2, 0.25) is 0 Å². The van der Waals surface area contributed by atoms with Crippen molar-refractivity contribution < 1.29 is 14.3 Å². The minimum Gasteiger partial charge on any atom is -0.379 e. The van der Waals surface area contributed by atoms with Gasteiger partial charge in [0.25, 0.3) is 0 Å². The van der Waals surface area contributed by atoms with Crippen LogP contribution in [0, 0.1) is 0 Å². The van der Waals surface area contributed by atoms with Gasteiger partial charge in [-0.3, -0.25) is 9.69 Å². The molecule has 2 fully saturated rings. The second-order valence-corrected chi connectivity index (χ2v) is 4.82. The lowest BCUT2D eigenvalue weighted by Gasteiger charge is -2.32. The molecule has 2 saturated heterocycles. The predicted molar refractivity (Wildman–Crippen MR) is 82.0 cm³/mol. The number of amides is 1. The molecule has 2 aliphatic heterocycles. The lowest BCUT2D eigenvalue weighted by atomic mass is 10.2. The Bertz CT molecular complexity index is 273. The molecule has 0 aromatic heterocycles. The van der Waals surface area contributed by atoms with Crippen molar-refractivity contribution in [3.8, 4) is 0 Å². The Morgan fingerprint density at radius 1 is 1.30 bits per heavy atom. The lowest BCUT2D eigenvalue weighted by molar-refractivity contribution is -0.126. The van der Waals surface area contributed by atoms with Gasteiger partial charge in [-0.1, -0.05) is 0 Å². The first-order valence-corrected chi connectivity index (χ1v) is 6.68. The monoisotopic (exact) mass is 329 g/mol. The van der Waals surface area contributed by atoms with Crippen LogP contribution in [-0.4, -0.2) is 75.5 Å². The molecule has 0 aromatic rings. The summed E-state index contributed by atoms with van der Waals surface area (Å²) in [5.41, 5.74) is 0. The smallest absolute Gasteiger partial charge is 0.239 e. The van der Waals surface area contributed by atoms with E-state index in [0.717, 1.165) is 32.8 Å². The van der Waals surface area contributed by atoms with Crippen LogP contribution in [0.15, 0.2) is 0 Å². The zero-order valence-corrected chi connectivity index (χ0v) is 13.4. The van der Waals surface area contributed by atoms with Gasteiger partial charge in [-0.05, 0) is 6.92 Å². The van der Waals surface area contributed by atoms with Gasteiger partial charge < -0.3 is 20.1 Å². The van der Waals surface area contributed by atoms with Gasteiger partial charge in [0, 0.05) is 32.2 Å². The number of morpholine rings is 2. The van der Waals surface area contributed by atoms with E-state index < -0.39 is 0 Å². The number of rotatable bonds is 4. The molecule has 20 heavy (non-hydrogen) atoms. The van der Waals surface area contributed by atoms with Gasteiger partial charge in [-0.15, -0.1) is 24.8 Å². The fraction of sp³-hybridized carbons (Fsp3) is 0.917. The fourth-order valence-corrected chi connectivity index (χ4v) is 2.25. The van der Waals surface area contributed by atoms with Crippen molar-refractivity contribution in [1.29, 1.82) is 0 Å². The molecule has 2 N–H and O–H groups in total. The number of nitrogens with zero attached hydrogens (tertiary/aromatic N) is 1. The van der Waals surface area contributed by atoms with Crippen LogP contribution in [-0.2, 0) is 14.3 Å². The molecule has 2 rings (SSSR count). The van der Waals surface area contributed by atoms with E-state index in [4.69, 9.17) is 9.47 Å². The number of ether oxygens (including phenoxy) is 2. The fourth-order valence-electron chi connectivity index (χ4n) is 2.25. The molecule has 1 amide bonds. The minimum absolute atomic E-state index is 0.